The fourth-order valence-corrected chi connectivity index (χ4v) is 5.34. The molecule has 1 saturated heterocycles. The zero-order valence-electron chi connectivity index (χ0n) is 26.6. The first-order chi connectivity index (χ1) is 22.7. The minimum atomic E-state index is -0.565. The molecule has 1 aliphatic heterocycles. The van der Waals surface area contributed by atoms with Crippen molar-refractivity contribution in [3.8, 4) is 0 Å². The van der Waals surface area contributed by atoms with Crippen LogP contribution in [0.1, 0.15) is 22.3 Å². The van der Waals surface area contributed by atoms with Crippen LogP contribution in [0.5, 0.6) is 0 Å². The van der Waals surface area contributed by atoms with Crippen LogP contribution < -0.4 is 5.32 Å². The topological polar surface area (TPSA) is 79.8 Å². The number of ether oxygens (including phenoxy) is 6. The van der Waals surface area contributed by atoms with Crippen molar-refractivity contribution in [3.05, 3.63) is 144 Å². The number of aliphatic imine (C=N–C) groups is 1. The fourth-order valence-electron chi connectivity index (χ4n) is 5.34. The number of nitrogens with zero attached hydrogens (tertiary/aromatic N) is 1. The van der Waals surface area contributed by atoms with Crippen LogP contribution in [0, 0.1) is 0 Å². The molecule has 8 nitrogen and oxygen atoms in total. The zero-order valence-corrected chi connectivity index (χ0v) is 26.6. The van der Waals surface area contributed by atoms with E-state index in [1.54, 1.807) is 14.2 Å². The van der Waals surface area contributed by atoms with Crippen LogP contribution in [0.25, 0.3) is 0 Å². The van der Waals surface area contributed by atoms with E-state index in [1.807, 2.05) is 84.9 Å². The minimum absolute atomic E-state index is 0.277. The van der Waals surface area contributed by atoms with Crippen molar-refractivity contribution in [3.63, 3.8) is 0 Å². The molecular weight excluding hydrogens is 580 g/mol. The SMILES string of the molecule is COC(CN=C1N[C@H](COCc2ccccc2)[C@@H](OCc2ccccc2)[C@H](OCc2ccccc2)[C@@H]1OCc1ccccc1)OC. The molecule has 0 unspecified atom stereocenters. The number of rotatable bonds is 17. The molecule has 4 aromatic rings. The van der Waals surface area contributed by atoms with Crippen LogP contribution >= 0.6 is 0 Å². The minimum Gasteiger partial charge on any atom is -0.375 e. The summed E-state index contributed by atoms with van der Waals surface area (Å²) in [5.41, 5.74) is 4.26. The lowest BCUT2D eigenvalue weighted by atomic mass is 9.94. The second-order valence-corrected chi connectivity index (χ2v) is 11.1. The molecule has 0 bridgehead atoms. The Morgan fingerprint density at radius 1 is 0.565 bits per heavy atom. The molecular formula is C38H44N2O6. The zero-order chi connectivity index (χ0) is 31.8. The number of methoxy groups -OCH3 is 2. The smallest absolute Gasteiger partial charge is 0.176 e. The number of amidine groups is 1. The summed E-state index contributed by atoms with van der Waals surface area (Å²) in [4.78, 5) is 4.93. The average Bonchev–Trinajstić information content (AvgIpc) is 3.12. The lowest BCUT2D eigenvalue weighted by Gasteiger charge is -2.44. The Morgan fingerprint density at radius 2 is 1.00 bits per heavy atom. The summed E-state index contributed by atoms with van der Waals surface area (Å²) in [7, 11) is 3.21. The third kappa shape index (κ3) is 10.1. The molecule has 1 fully saturated rings. The van der Waals surface area contributed by atoms with Gasteiger partial charge in [0.25, 0.3) is 0 Å². The number of benzene rings is 4. The molecule has 1 heterocycles. The van der Waals surface area contributed by atoms with Gasteiger partial charge < -0.3 is 33.7 Å². The van der Waals surface area contributed by atoms with Gasteiger partial charge in [-0.15, -0.1) is 0 Å². The highest BCUT2D eigenvalue weighted by Crippen LogP contribution is 2.26. The van der Waals surface area contributed by atoms with Gasteiger partial charge in [-0.05, 0) is 22.3 Å². The third-order valence-electron chi connectivity index (χ3n) is 7.81. The van der Waals surface area contributed by atoms with Crippen molar-refractivity contribution in [2.45, 2.75) is 57.1 Å². The lowest BCUT2D eigenvalue weighted by Crippen LogP contribution is -2.66. The first-order valence-electron chi connectivity index (χ1n) is 15.7. The summed E-state index contributed by atoms with van der Waals surface area (Å²) in [6, 6.07) is 40.2. The summed E-state index contributed by atoms with van der Waals surface area (Å²) in [6.45, 7) is 2.26. The lowest BCUT2D eigenvalue weighted by molar-refractivity contribution is -0.157. The van der Waals surface area contributed by atoms with Crippen molar-refractivity contribution < 1.29 is 28.4 Å². The molecule has 1 N–H and O–H groups in total. The molecule has 0 radical (unpaired) electrons. The molecule has 46 heavy (non-hydrogen) atoms. The average molecular weight is 625 g/mol. The van der Waals surface area contributed by atoms with Crippen molar-refractivity contribution in [2.24, 2.45) is 4.99 Å². The molecule has 8 heteroatoms. The van der Waals surface area contributed by atoms with Gasteiger partial charge in [0.1, 0.15) is 24.1 Å². The molecule has 5 rings (SSSR count). The normalized spacial score (nSPS) is 20.5. The van der Waals surface area contributed by atoms with E-state index in [9.17, 15) is 0 Å². The van der Waals surface area contributed by atoms with E-state index in [0.29, 0.717) is 38.9 Å². The van der Waals surface area contributed by atoms with Gasteiger partial charge in [-0.1, -0.05) is 121 Å². The summed E-state index contributed by atoms with van der Waals surface area (Å²) in [5.74, 6) is 0.640. The van der Waals surface area contributed by atoms with Gasteiger partial charge in [-0.25, -0.2) is 0 Å². The van der Waals surface area contributed by atoms with Gasteiger partial charge in [0.2, 0.25) is 0 Å². The molecule has 0 spiro atoms. The highest BCUT2D eigenvalue weighted by Gasteiger charge is 2.45. The van der Waals surface area contributed by atoms with Crippen molar-refractivity contribution in [1.29, 1.82) is 0 Å². The molecule has 242 valence electrons. The Morgan fingerprint density at radius 3 is 1.48 bits per heavy atom. The second kappa shape index (κ2) is 18.3. The number of nitrogens with one attached hydrogen (secondary N) is 1. The van der Waals surface area contributed by atoms with Crippen LogP contribution in [0.15, 0.2) is 126 Å². The highest BCUT2D eigenvalue weighted by atomic mass is 16.7. The quantitative estimate of drug-likeness (QED) is 0.146. The van der Waals surface area contributed by atoms with Gasteiger partial charge in [-0.2, -0.15) is 0 Å². The van der Waals surface area contributed by atoms with E-state index in [2.05, 4.69) is 41.7 Å². The Hall–Kier alpha value is -3.89. The maximum atomic E-state index is 6.77. The third-order valence-corrected chi connectivity index (χ3v) is 7.81. The fraction of sp³-hybridized carbons (Fsp3) is 0.342. The van der Waals surface area contributed by atoms with Crippen LogP contribution in [0.4, 0.5) is 0 Å². The Balaban J connectivity index is 1.46. The summed E-state index contributed by atoms with van der Waals surface area (Å²) >= 11 is 0. The van der Waals surface area contributed by atoms with Crippen LogP contribution in [0.3, 0.4) is 0 Å². The Labute approximate surface area is 272 Å². The maximum absolute atomic E-state index is 6.77. The summed E-state index contributed by atoms with van der Waals surface area (Å²) in [5, 5.41) is 3.63. The monoisotopic (exact) mass is 624 g/mol. The van der Waals surface area contributed by atoms with E-state index < -0.39 is 24.6 Å². The molecule has 4 aromatic carbocycles. The predicted octanol–water partition coefficient (Wildman–Crippen LogP) is 5.95. The number of hydrogen-bond donors (Lipinski definition) is 1. The van der Waals surface area contributed by atoms with Crippen molar-refractivity contribution in [2.75, 3.05) is 27.4 Å². The number of hydrogen-bond acceptors (Lipinski definition) is 7. The van der Waals surface area contributed by atoms with Crippen LogP contribution in [-0.4, -0.2) is 63.9 Å². The second-order valence-electron chi connectivity index (χ2n) is 11.1. The van der Waals surface area contributed by atoms with Gasteiger partial charge in [0.15, 0.2) is 6.29 Å². The van der Waals surface area contributed by atoms with E-state index in [4.69, 9.17) is 33.4 Å². The summed E-state index contributed by atoms with van der Waals surface area (Å²) < 4.78 is 37.4. The van der Waals surface area contributed by atoms with Gasteiger partial charge >= 0.3 is 0 Å². The van der Waals surface area contributed by atoms with Gasteiger partial charge in [0, 0.05) is 14.2 Å². The molecule has 4 atom stereocenters. The number of piperidine rings is 1. The van der Waals surface area contributed by atoms with Crippen LogP contribution in [-0.2, 0) is 54.8 Å². The van der Waals surface area contributed by atoms with E-state index >= 15 is 0 Å². The van der Waals surface area contributed by atoms with Crippen LogP contribution in [0.2, 0.25) is 0 Å². The first kappa shape index (κ1) is 33.5. The van der Waals surface area contributed by atoms with Crippen molar-refractivity contribution in [1.82, 2.24) is 5.32 Å². The molecule has 0 aliphatic carbocycles. The van der Waals surface area contributed by atoms with E-state index in [0.717, 1.165) is 22.3 Å². The molecule has 0 amide bonds. The van der Waals surface area contributed by atoms with E-state index in [1.165, 1.54) is 0 Å². The van der Waals surface area contributed by atoms with E-state index in [-0.39, 0.29) is 12.6 Å². The Kier molecular flexibility index (Phi) is 13.3. The molecule has 1 aliphatic rings. The Bertz CT molecular complexity index is 1420. The largest absolute Gasteiger partial charge is 0.375 e. The highest BCUT2D eigenvalue weighted by molar-refractivity contribution is 5.88. The first-order valence-corrected chi connectivity index (χ1v) is 15.7. The summed E-state index contributed by atoms with van der Waals surface area (Å²) in [6.07, 6.45) is -2.02. The molecule has 0 aromatic heterocycles. The molecule has 0 saturated carbocycles. The standard InChI is InChI=1S/C38H44N2O6/c1-41-34(42-2)23-39-38-37(46-27-32-21-13-6-14-22-32)36(45-26-31-19-11-5-12-20-31)35(44-25-30-17-9-4-10-18-30)33(40-38)28-43-24-29-15-7-3-8-16-29/h3-22,33-37H,23-28H2,1-2H3,(H,39,40)/t33-,35-,36+,37+/m1/s1. The van der Waals surface area contributed by atoms with Gasteiger partial charge in [0.05, 0.1) is 45.6 Å². The predicted molar refractivity (Wildman–Crippen MR) is 178 cm³/mol. The van der Waals surface area contributed by atoms with Crippen molar-refractivity contribution >= 4 is 5.84 Å². The maximum Gasteiger partial charge on any atom is 0.176 e. The van der Waals surface area contributed by atoms with Gasteiger partial charge in [-0.3, -0.25) is 4.99 Å².